The molecule has 4 rings (SSSR count). The van der Waals surface area contributed by atoms with Gasteiger partial charge in [-0.3, -0.25) is 14.9 Å². The number of hydrogen-bond acceptors (Lipinski definition) is 10. The average Bonchev–Trinajstić information content (AvgIpc) is 3.42. The Kier molecular flexibility index (Phi) is 8.16. The number of esters is 2. The van der Waals surface area contributed by atoms with Crippen LogP contribution in [0.25, 0.3) is 10.1 Å². The Bertz CT molecular complexity index is 1480. The number of nitrogens with one attached hydrogen (secondary N) is 1. The molecule has 0 unspecified atom stereocenters. The quantitative estimate of drug-likeness (QED) is 0.193. The van der Waals surface area contributed by atoms with Crippen molar-refractivity contribution in [3.8, 4) is 0 Å². The lowest BCUT2D eigenvalue weighted by molar-refractivity contribution is -0.384. The third-order valence-electron chi connectivity index (χ3n) is 6.00. The minimum Gasteiger partial charge on any atom is -0.465 e. The molecule has 0 saturated carbocycles. The van der Waals surface area contributed by atoms with Gasteiger partial charge in [-0.1, -0.05) is 11.6 Å². The molecule has 15 heteroatoms. The number of non-ortho nitro benzene ring substituents is 1. The molecule has 11 nitrogen and oxygen atoms in total. The van der Waals surface area contributed by atoms with Crippen LogP contribution >= 0.6 is 46.5 Å². The van der Waals surface area contributed by atoms with Crippen molar-refractivity contribution in [2.24, 2.45) is 0 Å². The molecule has 0 bridgehead atoms. The maximum Gasteiger partial charge on any atom is 0.348 e. The van der Waals surface area contributed by atoms with Gasteiger partial charge in [-0.15, -0.1) is 22.7 Å². The fraction of sp³-hybridized carbons (Fsp3) is 0.304. The van der Waals surface area contributed by atoms with Gasteiger partial charge < -0.3 is 24.6 Å². The molecular formula is C23H21ClN4O7S3. The van der Waals surface area contributed by atoms with Crippen molar-refractivity contribution in [3.63, 3.8) is 0 Å². The van der Waals surface area contributed by atoms with Crippen LogP contribution in [0.3, 0.4) is 0 Å². The highest BCUT2D eigenvalue weighted by Crippen LogP contribution is 2.38. The van der Waals surface area contributed by atoms with Gasteiger partial charge in [0, 0.05) is 48.4 Å². The lowest BCUT2D eigenvalue weighted by Crippen LogP contribution is -2.51. The lowest BCUT2D eigenvalue weighted by atomic mass is 10.1. The summed E-state index contributed by atoms with van der Waals surface area (Å²) in [6, 6.07) is 4.31. The highest BCUT2D eigenvalue weighted by molar-refractivity contribution is 7.80. The number of nitro benzene ring substituents is 1. The zero-order valence-electron chi connectivity index (χ0n) is 20.4. The topological polar surface area (TPSA) is 131 Å². The first kappa shape index (κ1) is 27.7. The molecule has 1 N–H and O–H groups in total. The van der Waals surface area contributed by atoms with Crippen LogP contribution in [0.5, 0.6) is 0 Å². The first-order chi connectivity index (χ1) is 18.1. The van der Waals surface area contributed by atoms with Crippen LogP contribution in [0.2, 0.25) is 5.02 Å². The fourth-order valence-electron chi connectivity index (χ4n) is 3.97. The second kappa shape index (κ2) is 11.2. The van der Waals surface area contributed by atoms with Crippen LogP contribution in [0.15, 0.2) is 18.2 Å². The standard InChI is InChI=1S/C23H21ClN4O7S3/c1-11-15(21(30)34-2)19(38-17(11)22(31)35-3)25-23(36)27-8-6-26(7-9-27)20(29)18-16(24)13-5-4-12(28(32)33)10-14(13)37-18/h4-5,10H,6-9H2,1-3H3,(H,25,36). The molecule has 3 heterocycles. The second-order valence-corrected chi connectivity index (χ2v) is 11.0. The third-order valence-corrected chi connectivity index (χ3v) is 9.19. The van der Waals surface area contributed by atoms with Crippen molar-refractivity contribution in [2.45, 2.75) is 6.92 Å². The van der Waals surface area contributed by atoms with Crippen LogP contribution in [-0.2, 0) is 9.47 Å². The number of hydrogen-bond donors (Lipinski definition) is 1. The molecule has 3 aromatic rings. The highest BCUT2D eigenvalue weighted by atomic mass is 35.5. The van der Waals surface area contributed by atoms with E-state index in [2.05, 4.69) is 5.32 Å². The maximum absolute atomic E-state index is 13.2. The number of anilines is 1. The maximum atomic E-state index is 13.2. The zero-order valence-corrected chi connectivity index (χ0v) is 23.6. The Hall–Kier alpha value is -3.33. The molecule has 1 saturated heterocycles. The lowest BCUT2D eigenvalue weighted by Gasteiger charge is -2.36. The Balaban J connectivity index is 1.46. The number of methoxy groups -OCH3 is 2. The summed E-state index contributed by atoms with van der Waals surface area (Å²) in [5.41, 5.74) is 0.563. The molecule has 1 amide bonds. The van der Waals surface area contributed by atoms with Gasteiger partial charge in [0.1, 0.15) is 14.8 Å². The van der Waals surface area contributed by atoms with Crippen LogP contribution in [0.4, 0.5) is 10.7 Å². The molecule has 38 heavy (non-hydrogen) atoms. The second-order valence-electron chi connectivity index (χ2n) is 8.14. The van der Waals surface area contributed by atoms with Gasteiger partial charge in [-0.25, -0.2) is 9.59 Å². The largest absolute Gasteiger partial charge is 0.465 e. The number of ether oxygens (including phenoxy) is 2. The Morgan fingerprint density at radius 3 is 2.29 bits per heavy atom. The van der Waals surface area contributed by atoms with Crippen molar-refractivity contribution in [2.75, 3.05) is 45.7 Å². The van der Waals surface area contributed by atoms with E-state index in [0.29, 0.717) is 56.8 Å². The summed E-state index contributed by atoms with van der Waals surface area (Å²) >= 11 is 14.2. The van der Waals surface area contributed by atoms with Crippen LogP contribution in [0.1, 0.15) is 35.3 Å². The molecule has 2 aromatic heterocycles. The highest BCUT2D eigenvalue weighted by Gasteiger charge is 2.30. The molecule has 0 atom stereocenters. The SMILES string of the molecule is COC(=O)c1sc(NC(=S)N2CCN(C(=O)c3sc4cc([N+](=O)[O-])ccc4c3Cl)CC2)c(C(=O)OC)c1C. The van der Waals surface area contributed by atoms with Crippen molar-refractivity contribution in [1.82, 2.24) is 9.80 Å². The number of benzene rings is 1. The van der Waals surface area contributed by atoms with Gasteiger partial charge in [0.05, 0.1) is 29.7 Å². The van der Waals surface area contributed by atoms with E-state index in [0.717, 1.165) is 22.7 Å². The Morgan fingerprint density at radius 1 is 1.05 bits per heavy atom. The number of amides is 1. The van der Waals surface area contributed by atoms with Crippen LogP contribution in [0, 0.1) is 17.0 Å². The minimum absolute atomic E-state index is 0.0703. The number of rotatable bonds is 5. The molecule has 1 aliphatic rings. The van der Waals surface area contributed by atoms with Gasteiger partial charge in [-0.05, 0) is 30.8 Å². The minimum atomic E-state index is -0.611. The number of halogens is 1. The molecule has 0 radical (unpaired) electrons. The molecule has 0 spiro atoms. The fourth-order valence-corrected chi connectivity index (χ4v) is 6.95. The molecule has 1 aliphatic heterocycles. The van der Waals surface area contributed by atoms with E-state index in [1.165, 1.54) is 26.4 Å². The average molecular weight is 597 g/mol. The van der Waals surface area contributed by atoms with Gasteiger partial charge in [0.15, 0.2) is 5.11 Å². The first-order valence-electron chi connectivity index (χ1n) is 11.1. The summed E-state index contributed by atoms with van der Waals surface area (Å²) in [6.07, 6.45) is 0. The number of carbonyl (C=O) groups excluding carboxylic acids is 3. The molecule has 0 aliphatic carbocycles. The van der Waals surface area contributed by atoms with Gasteiger partial charge in [-0.2, -0.15) is 0 Å². The van der Waals surface area contributed by atoms with Crippen molar-refractivity contribution in [1.29, 1.82) is 0 Å². The van der Waals surface area contributed by atoms with E-state index >= 15 is 0 Å². The number of nitro groups is 1. The van der Waals surface area contributed by atoms with E-state index in [1.54, 1.807) is 17.9 Å². The number of thiocarbonyl (C=S) groups is 1. The van der Waals surface area contributed by atoms with Gasteiger partial charge >= 0.3 is 11.9 Å². The van der Waals surface area contributed by atoms with E-state index in [9.17, 15) is 24.5 Å². The van der Waals surface area contributed by atoms with E-state index in [4.69, 9.17) is 33.3 Å². The summed E-state index contributed by atoms with van der Waals surface area (Å²) in [5.74, 6) is -1.44. The zero-order chi connectivity index (χ0) is 27.7. The van der Waals surface area contributed by atoms with Crippen molar-refractivity contribution >= 4 is 90.2 Å². The normalized spacial score (nSPS) is 13.4. The Morgan fingerprint density at radius 2 is 1.68 bits per heavy atom. The smallest absolute Gasteiger partial charge is 0.348 e. The number of piperazine rings is 1. The van der Waals surface area contributed by atoms with Crippen LogP contribution < -0.4 is 5.32 Å². The molecule has 1 aromatic carbocycles. The first-order valence-corrected chi connectivity index (χ1v) is 13.5. The third kappa shape index (κ3) is 5.16. The predicted octanol–water partition coefficient (Wildman–Crippen LogP) is 4.56. The monoisotopic (exact) mass is 596 g/mol. The Labute approximate surface area is 235 Å². The van der Waals surface area contributed by atoms with E-state index in [1.807, 2.05) is 4.90 Å². The predicted molar refractivity (Wildman–Crippen MR) is 149 cm³/mol. The molecular weight excluding hydrogens is 576 g/mol. The van der Waals surface area contributed by atoms with Crippen molar-refractivity contribution in [3.05, 3.63) is 54.2 Å². The number of carbonyl (C=O) groups is 3. The van der Waals surface area contributed by atoms with E-state index in [-0.39, 0.29) is 27.1 Å². The molecule has 1 fully saturated rings. The van der Waals surface area contributed by atoms with Crippen molar-refractivity contribution < 1.29 is 28.8 Å². The summed E-state index contributed by atoms with van der Waals surface area (Å²) in [4.78, 5) is 52.4. The summed E-state index contributed by atoms with van der Waals surface area (Å²) in [5, 5.41) is 15.7. The molecule has 200 valence electrons. The van der Waals surface area contributed by atoms with Gasteiger partial charge in [0.2, 0.25) is 0 Å². The number of thiophene rings is 2. The number of fused-ring (bicyclic) bond motifs is 1. The van der Waals surface area contributed by atoms with E-state index < -0.39 is 16.9 Å². The van der Waals surface area contributed by atoms with Gasteiger partial charge in [0.25, 0.3) is 11.6 Å². The summed E-state index contributed by atoms with van der Waals surface area (Å²) in [7, 11) is 2.51. The summed E-state index contributed by atoms with van der Waals surface area (Å²) < 4.78 is 10.2. The van der Waals surface area contributed by atoms with Crippen LogP contribution in [-0.4, -0.2) is 78.1 Å². The summed E-state index contributed by atoms with van der Waals surface area (Å²) in [6.45, 7) is 3.16. The number of nitrogens with zero attached hydrogens (tertiary/aromatic N) is 3.